The number of rotatable bonds is 5. The van der Waals surface area contributed by atoms with Crippen LogP contribution in [0.2, 0.25) is 0 Å². The van der Waals surface area contributed by atoms with Crippen LogP contribution in [0.5, 0.6) is 0 Å². The van der Waals surface area contributed by atoms with E-state index in [2.05, 4.69) is 22.8 Å². The zero-order chi connectivity index (χ0) is 16.5. The van der Waals surface area contributed by atoms with Crippen LogP contribution in [0.3, 0.4) is 0 Å². The molecule has 0 saturated heterocycles. The van der Waals surface area contributed by atoms with Crippen LogP contribution in [0.25, 0.3) is 0 Å². The summed E-state index contributed by atoms with van der Waals surface area (Å²) in [6, 6.07) is 9.88. The third-order valence-electron chi connectivity index (χ3n) is 3.98. The normalized spacial score (nSPS) is 21.7. The molecular formula is C17H26N4OS. The molecule has 23 heavy (non-hydrogen) atoms. The fraction of sp³-hybridized carbons (Fsp3) is 0.529. The molecule has 0 unspecified atom stereocenters. The number of nitrogens with zero attached hydrogens (tertiary/aromatic N) is 1. The first kappa shape index (κ1) is 17.8. The summed E-state index contributed by atoms with van der Waals surface area (Å²) < 4.78 is 0. The Morgan fingerprint density at radius 1 is 1.26 bits per heavy atom. The van der Waals surface area contributed by atoms with Crippen LogP contribution >= 0.6 is 11.8 Å². The van der Waals surface area contributed by atoms with Crippen molar-refractivity contribution < 1.29 is 4.79 Å². The Labute approximate surface area is 142 Å². The van der Waals surface area contributed by atoms with Crippen molar-refractivity contribution in [2.24, 2.45) is 16.8 Å². The van der Waals surface area contributed by atoms with Crippen LogP contribution < -0.4 is 16.5 Å². The molecule has 0 bridgehead atoms. The summed E-state index contributed by atoms with van der Waals surface area (Å²) in [7, 11) is 0. The van der Waals surface area contributed by atoms with Crippen molar-refractivity contribution in [1.29, 1.82) is 0 Å². The maximum absolute atomic E-state index is 11.9. The van der Waals surface area contributed by atoms with Gasteiger partial charge in [0, 0.05) is 18.5 Å². The van der Waals surface area contributed by atoms with Gasteiger partial charge in [-0.05, 0) is 37.0 Å². The van der Waals surface area contributed by atoms with Crippen LogP contribution in [0.15, 0.2) is 35.4 Å². The van der Waals surface area contributed by atoms with E-state index in [1.54, 1.807) is 11.8 Å². The summed E-state index contributed by atoms with van der Waals surface area (Å²) >= 11 is 1.71. The molecule has 6 heteroatoms. The highest BCUT2D eigenvalue weighted by molar-refractivity contribution is 8.13. The Balaban J connectivity index is 1.83. The minimum atomic E-state index is -0.268. The molecule has 1 aromatic carbocycles. The molecule has 2 rings (SSSR count). The molecule has 0 atom stereocenters. The Morgan fingerprint density at radius 2 is 1.96 bits per heavy atom. The van der Waals surface area contributed by atoms with Gasteiger partial charge in [0.1, 0.15) is 0 Å². The summed E-state index contributed by atoms with van der Waals surface area (Å²) in [5.41, 5.74) is 9.66. The molecule has 1 aliphatic carbocycles. The second-order valence-corrected chi connectivity index (χ2v) is 7.06. The fourth-order valence-electron chi connectivity index (χ4n) is 2.68. The molecule has 0 spiro atoms. The summed E-state index contributed by atoms with van der Waals surface area (Å²) in [6.07, 6.45) is 4.18. The first-order chi connectivity index (χ1) is 11.2. The molecule has 1 saturated carbocycles. The average molecular weight is 334 g/mol. The van der Waals surface area contributed by atoms with Crippen molar-refractivity contribution in [3.8, 4) is 0 Å². The van der Waals surface area contributed by atoms with E-state index in [-0.39, 0.29) is 6.03 Å². The number of urea groups is 1. The molecule has 1 fully saturated rings. The minimum Gasteiger partial charge on any atom is -0.333 e. The van der Waals surface area contributed by atoms with Gasteiger partial charge in [0.2, 0.25) is 0 Å². The Bertz CT molecular complexity index is 513. The van der Waals surface area contributed by atoms with Gasteiger partial charge < -0.3 is 11.1 Å². The van der Waals surface area contributed by atoms with Gasteiger partial charge in [-0.3, -0.25) is 0 Å². The lowest BCUT2D eigenvalue weighted by atomic mass is 9.87. The van der Waals surface area contributed by atoms with E-state index in [9.17, 15) is 4.79 Å². The highest BCUT2D eigenvalue weighted by atomic mass is 32.2. The largest absolute Gasteiger partial charge is 0.335 e. The standard InChI is InChI=1S/C17H26N4OS/c1-2-23-16(14-8-10-15(18)11-9-14)20-21-17(22)19-12-13-6-4-3-5-7-13/h3-7,14-15H,2,8-12,18H2,1H3,(H2,19,21,22)/b20-16-. The molecule has 1 aromatic rings. The van der Waals surface area contributed by atoms with Gasteiger partial charge in [0.15, 0.2) is 0 Å². The second-order valence-electron chi connectivity index (χ2n) is 5.77. The fourth-order valence-corrected chi connectivity index (χ4v) is 3.56. The van der Waals surface area contributed by atoms with Gasteiger partial charge in [0.25, 0.3) is 0 Å². The number of hydrogen-bond donors (Lipinski definition) is 3. The van der Waals surface area contributed by atoms with Crippen molar-refractivity contribution >= 4 is 22.8 Å². The lowest BCUT2D eigenvalue weighted by Gasteiger charge is -2.26. The third kappa shape index (κ3) is 6.23. The van der Waals surface area contributed by atoms with Crippen molar-refractivity contribution in [3.05, 3.63) is 35.9 Å². The SMILES string of the molecule is CCS/C(=N\NC(=O)NCc1ccccc1)C1CCC(N)CC1. The van der Waals surface area contributed by atoms with E-state index >= 15 is 0 Å². The van der Waals surface area contributed by atoms with Crippen LogP contribution in [0.1, 0.15) is 38.2 Å². The monoisotopic (exact) mass is 334 g/mol. The Hall–Kier alpha value is -1.53. The van der Waals surface area contributed by atoms with Crippen LogP contribution in [-0.2, 0) is 6.54 Å². The van der Waals surface area contributed by atoms with E-state index < -0.39 is 0 Å². The molecule has 0 aliphatic heterocycles. The van der Waals surface area contributed by atoms with Gasteiger partial charge in [-0.1, -0.05) is 37.3 Å². The molecule has 0 aromatic heterocycles. The van der Waals surface area contributed by atoms with Gasteiger partial charge in [-0.25, -0.2) is 10.2 Å². The molecule has 0 heterocycles. The van der Waals surface area contributed by atoms with E-state index in [1.807, 2.05) is 30.3 Å². The summed E-state index contributed by atoms with van der Waals surface area (Å²) in [6.45, 7) is 2.60. The van der Waals surface area contributed by atoms with Gasteiger partial charge in [0.05, 0.1) is 5.04 Å². The van der Waals surface area contributed by atoms with Crippen molar-refractivity contribution in [2.45, 2.75) is 45.2 Å². The summed E-state index contributed by atoms with van der Waals surface area (Å²) in [5, 5.41) is 8.19. The minimum absolute atomic E-state index is 0.268. The molecule has 126 valence electrons. The third-order valence-corrected chi connectivity index (χ3v) is 4.99. The number of carbonyl (C=O) groups excluding carboxylic acids is 1. The van der Waals surface area contributed by atoms with Crippen molar-refractivity contribution in [1.82, 2.24) is 10.7 Å². The summed E-state index contributed by atoms with van der Waals surface area (Å²) in [4.78, 5) is 11.9. The highest BCUT2D eigenvalue weighted by Crippen LogP contribution is 2.28. The van der Waals surface area contributed by atoms with E-state index in [4.69, 9.17) is 5.73 Å². The van der Waals surface area contributed by atoms with Gasteiger partial charge in [-0.2, -0.15) is 5.10 Å². The lowest BCUT2D eigenvalue weighted by Crippen LogP contribution is -2.34. The first-order valence-electron chi connectivity index (χ1n) is 8.22. The average Bonchev–Trinajstić information content (AvgIpc) is 2.58. The number of benzene rings is 1. The van der Waals surface area contributed by atoms with E-state index in [1.165, 1.54) is 0 Å². The number of thioether (sulfide) groups is 1. The highest BCUT2D eigenvalue weighted by Gasteiger charge is 2.23. The lowest BCUT2D eigenvalue weighted by molar-refractivity contribution is 0.241. The smallest absolute Gasteiger partial charge is 0.333 e. The van der Waals surface area contributed by atoms with Crippen LogP contribution in [-0.4, -0.2) is 22.9 Å². The molecule has 0 radical (unpaired) electrons. The molecule has 1 aliphatic rings. The molecule has 2 amide bonds. The second kappa shape index (κ2) is 9.57. The number of hydrazone groups is 1. The Morgan fingerprint density at radius 3 is 2.61 bits per heavy atom. The maximum Gasteiger partial charge on any atom is 0.335 e. The summed E-state index contributed by atoms with van der Waals surface area (Å²) in [5.74, 6) is 1.38. The van der Waals surface area contributed by atoms with Gasteiger partial charge >= 0.3 is 6.03 Å². The van der Waals surface area contributed by atoms with Crippen LogP contribution in [0.4, 0.5) is 4.79 Å². The van der Waals surface area contributed by atoms with Crippen molar-refractivity contribution in [3.63, 3.8) is 0 Å². The topological polar surface area (TPSA) is 79.5 Å². The number of nitrogens with one attached hydrogen (secondary N) is 2. The predicted octanol–water partition coefficient (Wildman–Crippen LogP) is 3.07. The molecule has 5 nitrogen and oxygen atoms in total. The molecule has 4 N–H and O–H groups in total. The first-order valence-corrected chi connectivity index (χ1v) is 9.21. The predicted molar refractivity (Wildman–Crippen MR) is 97.3 cm³/mol. The number of amides is 2. The quantitative estimate of drug-likeness (QED) is 0.440. The van der Waals surface area contributed by atoms with E-state index in [0.717, 1.165) is 42.0 Å². The number of nitrogens with two attached hydrogens (primary N) is 1. The molecular weight excluding hydrogens is 308 g/mol. The van der Waals surface area contributed by atoms with Crippen LogP contribution in [0, 0.1) is 5.92 Å². The number of carbonyl (C=O) groups is 1. The zero-order valence-corrected chi connectivity index (χ0v) is 14.4. The number of hydrogen-bond acceptors (Lipinski definition) is 4. The van der Waals surface area contributed by atoms with E-state index in [0.29, 0.717) is 18.5 Å². The van der Waals surface area contributed by atoms with Gasteiger partial charge in [-0.15, -0.1) is 11.8 Å². The maximum atomic E-state index is 11.9. The van der Waals surface area contributed by atoms with Crippen molar-refractivity contribution in [2.75, 3.05) is 5.75 Å². The zero-order valence-electron chi connectivity index (χ0n) is 13.6. The Kier molecular flexibility index (Phi) is 7.42.